The summed E-state index contributed by atoms with van der Waals surface area (Å²) in [6, 6.07) is -0.373. The zero-order chi connectivity index (χ0) is 9.90. The minimum atomic E-state index is -4.03. The first-order valence-corrected chi connectivity index (χ1v) is 4.77. The maximum absolute atomic E-state index is 12.1. The Kier molecular flexibility index (Phi) is 3.59. The molecule has 0 aromatic heterocycles. The Bertz CT molecular complexity index is 149. The van der Waals surface area contributed by atoms with Gasteiger partial charge in [-0.25, -0.2) is 0 Å². The van der Waals surface area contributed by atoms with Crippen LogP contribution >= 0.6 is 0 Å². The first-order chi connectivity index (χ1) is 6.03. The monoisotopic (exact) mass is 195 g/mol. The Morgan fingerprint density at radius 3 is 2.23 bits per heavy atom. The molecule has 0 heterocycles. The number of halogens is 3. The highest BCUT2D eigenvalue weighted by atomic mass is 19.4. The summed E-state index contributed by atoms with van der Waals surface area (Å²) in [5.74, 6) is 0.228. The molecule has 0 aromatic carbocycles. The Morgan fingerprint density at radius 2 is 1.85 bits per heavy atom. The zero-order valence-corrected chi connectivity index (χ0v) is 7.82. The van der Waals surface area contributed by atoms with E-state index in [1.54, 1.807) is 7.05 Å². The Morgan fingerprint density at radius 1 is 1.31 bits per heavy atom. The normalized spacial score (nSPS) is 22.2. The van der Waals surface area contributed by atoms with E-state index in [2.05, 4.69) is 5.32 Å². The van der Waals surface area contributed by atoms with Crippen molar-refractivity contribution >= 4 is 0 Å². The van der Waals surface area contributed by atoms with Gasteiger partial charge in [0, 0.05) is 6.04 Å². The molecule has 1 atom stereocenters. The maximum atomic E-state index is 12.1. The van der Waals surface area contributed by atoms with E-state index in [-0.39, 0.29) is 12.0 Å². The lowest BCUT2D eigenvalue weighted by Crippen LogP contribution is -2.36. The minimum Gasteiger partial charge on any atom is -0.316 e. The molecule has 0 bridgehead atoms. The number of hydrogen-bond acceptors (Lipinski definition) is 1. The van der Waals surface area contributed by atoms with Crippen molar-refractivity contribution in [2.45, 2.75) is 44.3 Å². The van der Waals surface area contributed by atoms with Crippen LogP contribution in [-0.2, 0) is 0 Å². The summed E-state index contributed by atoms with van der Waals surface area (Å²) in [4.78, 5) is 0. The average molecular weight is 195 g/mol. The summed E-state index contributed by atoms with van der Waals surface area (Å²) in [6.07, 6.45) is -0.658. The van der Waals surface area contributed by atoms with E-state index in [9.17, 15) is 13.2 Å². The van der Waals surface area contributed by atoms with Crippen molar-refractivity contribution in [3.05, 3.63) is 0 Å². The molecule has 1 unspecified atom stereocenters. The number of rotatable bonds is 3. The van der Waals surface area contributed by atoms with Crippen LogP contribution in [0.3, 0.4) is 0 Å². The van der Waals surface area contributed by atoms with E-state index >= 15 is 0 Å². The van der Waals surface area contributed by atoms with Gasteiger partial charge in [-0.15, -0.1) is 0 Å². The van der Waals surface area contributed by atoms with Gasteiger partial charge < -0.3 is 5.32 Å². The number of hydrogen-bond donors (Lipinski definition) is 1. The van der Waals surface area contributed by atoms with Crippen LogP contribution in [0, 0.1) is 5.92 Å². The van der Waals surface area contributed by atoms with Crippen molar-refractivity contribution in [1.82, 2.24) is 5.32 Å². The lowest BCUT2D eigenvalue weighted by atomic mass is 9.95. The molecule has 0 spiro atoms. The summed E-state index contributed by atoms with van der Waals surface area (Å²) >= 11 is 0. The van der Waals surface area contributed by atoms with Gasteiger partial charge in [-0.1, -0.05) is 12.8 Å². The van der Waals surface area contributed by atoms with E-state index < -0.39 is 12.6 Å². The molecule has 0 aliphatic heterocycles. The van der Waals surface area contributed by atoms with Gasteiger partial charge in [0.2, 0.25) is 0 Å². The summed E-state index contributed by atoms with van der Waals surface area (Å²) in [6.45, 7) is 0. The highest BCUT2D eigenvalue weighted by molar-refractivity contribution is 4.81. The molecule has 1 aliphatic carbocycles. The fourth-order valence-corrected chi connectivity index (χ4v) is 2.11. The third kappa shape index (κ3) is 3.55. The van der Waals surface area contributed by atoms with Crippen LogP contribution in [0.4, 0.5) is 13.2 Å². The van der Waals surface area contributed by atoms with Crippen LogP contribution in [0.1, 0.15) is 32.1 Å². The molecule has 0 aromatic rings. The topological polar surface area (TPSA) is 12.0 Å². The first-order valence-electron chi connectivity index (χ1n) is 4.77. The SMILES string of the molecule is CNC(CC(F)(F)F)C1CCCC1. The molecular weight excluding hydrogens is 179 g/mol. The average Bonchev–Trinajstić information content (AvgIpc) is 2.50. The van der Waals surface area contributed by atoms with Crippen molar-refractivity contribution in [3.63, 3.8) is 0 Å². The quantitative estimate of drug-likeness (QED) is 0.730. The molecule has 0 radical (unpaired) electrons. The van der Waals surface area contributed by atoms with Gasteiger partial charge in [-0.05, 0) is 25.8 Å². The van der Waals surface area contributed by atoms with Crippen LogP contribution in [0.5, 0.6) is 0 Å². The number of nitrogens with one attached hydrogen (secondary N) is 1. The molecule has 1 aliphatic rings. The molecule has 78 valence electrons. The van der Waals surface area contributed by atoms with E-state index in [0.717, 1.165) is 25.7 Å². The summed E-state index contributed by atoms with van der Waals surface area (Å²) in [5, 5.41) is 2.78. The molecule has 0 saturated heterocycles. The van der Waals surface area contributed by atoms with E-state index in [1.165, 1.54) is 0 Å². The lowest BCUT2D eigenvalue weighted by molar-refractivity contribution is -0.142. The largest absolute Gasteiger partial charge is 0.390 e. The molecule has 4 heteroatoms. The predicted octanol–water partition coefficient (Wildman–Crippen LogP) is 2.72. The standard InChI is InChI=1S/C9H16F3N/c1-13-8(6-9(10,11)12)7-4-2-3-5-7/h7-8,13H,2-6H2,1H3. The van der Waals surface area contributed by atoms with Gasteiger partial charge in [0.25, 0.3) is 0 Å². The van der Waals surface area contributed by atoms with Gasteiger partial charge >= 0.3 is 6.18 Å². The fourth-order valence-electron chi connectivity index (χ4n) is 2.11. The molecule has 1 rings (SSSR count). The van der Waals surface area contributed by atoms with Gasteiger partial charge in [-0.3, -0.25) is 0 Å². The second kappa shape index (κ2) is 4.31. The molecule has 1 saturated carbocycles. The van der Waals surface area contributed by atoms with Gasteiger partial charge in [-0.2, -0.15) is 13.2 Å². The van der Waals surface area contributed by atoms with Crippen molar-refractivity contribution < 1.29 is 13.2 Å². The van der Waals surface area contributed by atoms with E-state index in [1.807, 2.05) is 0 Å². The summed E-state index contributed by atoms with van der Waals surface area (Å²) in [7, 11) is 1.62. The van der Waals surface area contributed by atoms with Crippen LogP contribution in [-0.4, -0.2) is 19.3 Å². The Balaban J connectivity index is 2.42. The fraction of sp³-hybridized carbons (Fsp3) is 1.00. The zero-order valence-electron chi connectivity index (χ0n) is 7.82. The maximum Gasteiger partial charge on any atom is 0.390 e. The second-order valence-electron chi connectivity index (χ2n) is 3.76. The van der Waals surface area contributed by atoms with Crippen LogP contribution in [0.25, 0.3) is 0 Å². The Hall–Kier alpha value is -0.250. The van der Waals surface area contributed by atoms with Crippen molar-refractivity contribution in [2.24, 2.45) is 5.92 Å². The lowest BCUT2D eigenvalue weighted by Gasteiger charge is -2.23. The van der Waals surface area contributed by atoms with E-state index in [0.29, 0.717) is 0 Å². The van der Waals surface area contributed by atoms with E-state index in [4.69, 9.17) is 0 Å². The van der Waals surface area contributed by atoms with Gasteiger partial charge in [0.1, 0.15) is 0 Å². The van der Waals surface area contributed by atoms with Gasteiger partial charge in [0.15, 0.2) is 0 Å². The predicted molar refractivity (Wildman–Crippen MR) is 45.5 cm³/mol. The van der Waals surface area contributed by atoms with Gasteiger partial charge in [0.05, 0.1) is 6.42 Å². The van der Waals surface area contributed by atoms with Crippen molar-refractivity contribution in [3.8, 4) is 0 Å². The third-order valence-corrected chi connectivity index (χ3v) is 2.79. The van der Waals surface area contributed by atoms with Crippen LogP contribution in [0.15, 0.2) is 0 Å². The molecule has 1 N–H and O–H groups in total. The van der Waals surface area contributed by atoms with Crippen LogP contribution < -0.4 is 5.32 Å². The highest BCUT2D eigenvalue weighted by Crippen LogP contribution is 2.33. The molecule has 1 fully saturated rings. The summed E-state index contributed by atoms with van der Waals surface area (Å²) in [5.41, 5.74) is 0. The van der Waals surface area contributed by atoms with Crippen molar-refractivity contribution in [1.29, 1.82) is 0 Å². The number of alkyl halides is 3. The molecular formula is C9H16F3N. The molecule has 0 amide bonds. The molecule has 1 nitrogen and oxygen atoms in total. The second-order valence-corrected chi connectivity index (χ2v) is 3.76. The van der Waals surface area contributed by atoms with Crippen LogP contribution in [0.2, 0.25) is 0 Å². The minimum absolute atomic E-state index is 0.228. The van der Waals surface area contributed by atoms with Crippen molar-refractivity contribution in [2.75, 3.05) is 7.05 Å². The molecule has 13 heavy (non-hydrogen) atoms. The first kappa shape index (κ1) is 10.8. The smallest absolute Gasteiger partial charge is 0.316 e. The third-order valence-electron chi connectivity index (χ3n) is 2.79. The summed E-state index contributed by atoms with van der Waals surface area (Å²) < 4.78 is 36.3. The highest BCUT2D eigenvalue weighted by Gasteiger charge is 2.35. The Labute approximate surface area is 76.7 Å².